The average Bonchev–Trinajstić information content (AvgIpc) is 2.12. The molecule has 0 aliphatic heterocycles. The van der Waals surface area contributed by atoms with E-state index in [-0.39, 0.29) is 16.7 Å². The molecule has 0 spiro atoms. The third kappa shape index (κ3) is 4.96. The Balaban J connectivity index is 2.95. The van der Waals surface area contributed by atoms with Crippen LogP contribution in [0.2, 0.25) is 0 Å². The fourth-order valence-electron chi connectivity index (χ4n) is 1.66. The number of hydrogen-bond donors (Lipinski definition) is 1. The van der Waals surface area contributed by atoms with Crippen molar-refractivity contribution in [2.45, 2.75) is 39.7 Å². The van der Waals surface area contributed by atoms with Gasteiger partial charge >= 0.3 is 6.36 Å². The van der Waals surface area contributed by atoms with Gasteiger partial charge in [0, 0.05) is 5.56 Å². The Morgan fingerprint density at radius 2 is 1.72 bits per heavy atom. The molecule has 102 valence electrons. The standard InChI is InChI=1S/C13H17F3O2/c1-12(2,3)8-10(17)9-6-4-5-7-11(9)18-13(14,15)16/h4-7,10,17H,8H2,1-3H3. The van der Waals surface area contributed by atoms with E-state index in [4.69, 9.17) is 0 Å². The summed E-state index contributed by atoms with van der Waals surface area (Å²) in [6.45, 7) is 5.72. The summed E-state index contributed by atoms with van der Waals surface area (Å²) < 4.78 is 40.6. The first-order chi connectivity index (χ1) is 8.08. The van der Waals surface area contributed by atoms with Crippen LogP contribution in [0.15, 0.2) is 24.3 Å². The largest absolute Gasteiger partial charge is 0.573 e. The Labute approximate surface area is 104 Å². The van der Waals surface area contributed by atoms with Gasteiger partial charge in [-0.05, 0) is 17.9 Å². The third-order valence-electron chi connectivity index (χ3n) is 2.31. The minimum absolute atomic E-state index is 0.157. The molecular weight excluding hydrogens is 245 g/mol. The van der Waals surface area contributed by atoms with E-state index in [1.807, 2.05) is 20.8 Å². The molecule has 1 rings (SSSR count). The molecule has 0 saturated carbocycles. The molecule has 1 aromatic carbocycles. The van der Waals surface area contributed by atoms with Gasteiger partial charge in [-0.1, -0.05) is 39.0 Å². The normalized spacial score (nSPS) is 14.4. The molecule has 1 N–H and O–H groups in total. The van der Waals surface area contributed by atoms with E-state index in [0.717, 1.165) is 0 Å². The van der Waals surface area contributed by atoms with Gasteiger partial charge in [0.25, 0.3) is 0 Å². The van der Waals surface area contributed by atoms with E-state index in [1.165, 1.54) is 18.2 Å². The first-order valence-electron chi connectivity index (χ1n) is 5.61. The minimum atomic E-state index is -4.75. The van der Waals surface area contributed by atoms with Crippen molar-refractivity contribution in [1.29, 1.82) is 0 Å². The highest BCUT2D eigenvalue weighted by atomic mass is 19.4. The first-order valence-corrected chi connectivity index (χ1v) is 5.61. The summed E-state index contributed by atoms with van der Waals surface area (Å²) in [4.78, 5) is 0. The third-order valence-corrected chi connectivity index (χ3v) is 2.31. The number of aliphatic hydroxyl groups is 1. The molecule has 1 aromatic rings. The minimum Gasteiger partial charge on any atom is -0.405 e. The lowest BCUT2D eigenvalue weighted by atomic mass is 9.87. The number of benzene rings is 1. The van der Waals surface area contributed by atoms with E-state index < -0.39 is 12.5 Å². The molecule has 0 aromatic heterocycles. The van der Waals surface area contributed by atoms with Crippen molar-refractivity contribution in [2.75, 3.05) is 0 Å². The second kappa shape index (κ2) is 5.18. The Bertz CT molecular complexity index is 394. The van der Waals surface area contributed by atoms with Crippen molar-refractivity contribution in [3.8, 4) is 5.75 Å². The molecule has 0 aliphatic rings. The fourth-order valence-corrected chi connectivity index (χ4v) is 1.66. The van der Waals surface area contributed by atoms with Crippen LogP contribution in [0.5, 0.6) is 5.75 Å². The lowest BCUT2D eigenvalue weighted by Gasteiger charge is -2.24. The molecule has 0 aliphatic carbocycles. The van der Waals surface area contributed by atoms with Crippen molar-refractivity contribution >= 4 is 0 Å². The molecule has 5 heteroatoms. The number of aliphatic hydroxyl groups excluding tert-OH is 1. The number of para-hydroxylation sites is 1. The fraction of sp³-hybridized carbons (Fsp3) is 0.538. The summed E-state index contributed by atoms with van der Waals surface area (Å²) in [5.74, 6) is -0.346. The van der Waals surface area contributed by atoms with Crippen LogP contribution in [0.4, 0.5) is 13.2 Å². The van der Waals surface area contributed by atoms with Crippen LogP contribution in [-0.4, -0.2) is 11.5 Å². The van der Waals surface area contributed by atoms with E-state index >= 15 is 0 Å². The van der Waals surface area contributed by atoms with Crippen molar-refractivity contribution in [1.82, 2.24) is 0 Å². The molecule has 1 unspecified atom stereocenters. The Kier molecular flexibility index (Phi) is 4.27. The van der Waals surface area contributed by atoms with Crippen LogP contribution in [0.1, 0.15) is 38.9 Å². The predicted octanol–water partition coefficient (Wildman–Crippen LogP) is 4.05. The maximum absolute atomic E-state index is 12.2. The molecule has 0 saturated heterocycles. The van der Waals surface area contributed by atoms with Gasteiger partial charge in [0.1, 0.15) is 5.75 Å². The zero-order chi connectivity index (χ0) is 14.0. The molecule has 0 fully saturated rings. The van der Waals surface area contributed by atoms with E-state index in [2.05, 4.69) is 4.74 Å². The van der Waals surface area contributed by atoms with Crippen LogP contribution in [-0.2, 0) is 0 Å². The summed E-state index contributed by atoms with van der Waals surface area (Å²) in [5.41, 5.74) is -0.0325. The highest BCUT2D eigenvalue weighted by Crippen LogP contribution is 2.35. The van der Waals surface area contributed by atoms with Gasteiger partial charge in [0.15, 0.2) is 0 Å². The maximum atomic E-state index is 12.2. The van der Waals surface area contributed by atoms with Gasteiger partial charge in [0.05, 0.1) is 6.10 Å². The Morgan fingerprint density at radius 1 is 1.17 bits per heavy atom. The zero-order valence-corrected chi connectivity index (χ0v) is 10.6. The van der Waals surface area contributed by atoms with Crippen LogP contribution in [0, 0.1) is 5.41 Å². The highest BCUT2D eigenvalue weighted by Gasteiger charge is 2.33. The van der Waals surface area contributed by atoms with Gasteiger partial charge in [-0.3, -0.25) is 0 Å². The average molecular weight is 262 g/mol. The summed E-state index contributed by atoms with van der Waals surface area (Å²) in [5, 5.41) is 9.99. The molecule has 0 amide bonds. The van der Waals surface area contributed by atoms with Crippen LogP contribution >= 0.6 is 0 Å². The number of ether oxygens (including phenoxy) is 1. The van der Waals surface area contributed by atoms with Gasteiger partial charge in [0.2, 0.25) is 0 Å². The number of hydrogen-bond acceptors (Lipinski definition) is 2. The predicted molar refractivity (Wildman–Crippen MR) is 62.2 cm³/mol. The lowest BCUT2D eigenvalue weighted by Crippen LogP contribution is -2.19. The molecular formula is C13H17F3O2. The lowest BCUT2D eigenvalue weighted by molar-refractivity contribution is -0.275. The van der Waals surface area contributed by atoms with Gasteiger partial charge in [-0.25, -0.2) is 0 Å². The number of alkyl halides is 3. The second-order valence-electron chi connectivity index (χ2n) is 5.37. The monoisotopic (exact) mass is 262 g/mol. The quantitative estimate of drug-likeness (QED) is 0.890. The first kappa shape index (κ1) is 14.8. The second-order valence-corrected chi connectivity index (χ2v) is 5.37. The summed E-state index contributed by atoms with van der Waals surface area (Å²) in [6, 6.07) is 5.66. The zero-order valence-electron chi connectivity index (χ0n) is 10.6. The molecule has 0 heterocycles. The van der Waals surface area contributed by atoms with Crippen molar-refractivity contribution in [3.05, 3.63) is 29.8 Å². The number of rotatable bonds is 3. The molecule has 1 atom stereocenters. The van der Waals surface area contributed by atoms with Crippen molar-refractivity contribution in [2.24, 2.45) is 5.41 Å². The van der Waals surface area contributed by atoms with Crippen molar-refractivity contribution < 1.29 is 23.0 Å². The van der Waals surface area contributed by atoms with Crippen LogP contribution < -0.4 is 4.74 Å². The molecule has 18 heavy (non-hydrogen) atoms. The summed E-state index contributed by atoms with van der Waals surface area (Å²) in [6.07, 6.45) is -5.38. The smallest absolute Gasteiger partial charge is 0.405 e. The highest BCUT2D eigenvalue weighted by molar-refractivity contribution is 5.35. The van der Waals surface area contributed by atoms with Crippen molar-refractivity contribution in [3.63, 3.8) is 0 Å². The van der Waals surface area contributed by atoms with E-state index in [1.54, 1.807) is 6.07 Å². The van der Waals surface area contributed by atoms with Crippen LogP contribution in [0.25, 0.3) is 0 Å². The van der Waals surface area contributed by atoms with E-state index in [9.17, 15) is 18.3 Å². The SMILES string of the molecule is CC(C)(C)CC(O)c1ccccc1OC(F)(F)F. The topological polar surface area (TPSA) is 29.5 Å². The van der Waals surface area contributed by atoms with Crippen LogP contribution in [0.3, 0.4) is 0 Å². The molecule has 2 nitrogen and oxygen atoms in total. The summed E-state index contributed by atoms with van der Waals surface area (Å²) in [7, 11) is 0. The number of halogens is 3. The molecule has 0 bridgehead atoms. The maximum Gasteiger partial charge on any atom is 0.573 e. The molecule has 0 radical (unpaired) electrons. The van der Waals surface area contributed by atoms with E-state index in [0.29, 0.717) is 6.42 Å². The van der Waals surface area contributed by atoms with Gasteiger partial charge < -0.3 is 9.84 Å². The summed E-state index contributed by atoms with van der Waals surface area (Å²) >= 11 is 0. The van der Waals surface area contributed by atoms with Gasteiger partial charge in [-0.15, -0.1) is 13.2 Å². The Morgan fingerprint density at radius 3 is 2.22 bits per heavy atom. The Hall–Kier alpha value is -1.23. The van der Waals surface area contributed by atoms with Gasteiger partial charge in [-0.2, -0.15) is 0 Å².